The van der Waals surface area contributed by atoms with Crippen molar-refractivity contribution in [3.05, 3.63) is 63.6 Å². The lowest BCUT2D eigenvalue weighted by Crippen LogP contribution is -2.39. The third-order valence-corrected chi connectivity index (χ3v) is 7.05. The number of nitrogens with zero attached hydrogens (tertiary/aromatic N) is 3. The molecule has 1 fully saturated rings. The van der Waals surface area contributed by atoms with E-state index in [0.717, 1.165) is 46.7 Å². The van der Waals surface area contributed by atoms with E-state index in [1.54, 1.807) is 12.1 Å². The van der Waals surface area contributed by atoms with Crippen LogP contribution in [0.15, 0.2) is 63.0 Å². The average molecular weight is 506 g/mol. The highest BCUT2D eigenvalue weighted by Crippen LogP contribution is 2.35. The smallest absolute Gasteiger partial charge is 0.234 e. The van der Waals surface area contributed by atoms with Gasteiger partial charge in [-0.3, -0.25) is 9.79 Å². The molecule has 2 aliphatic rings. The van der Waals surface area contributed by atoms with Gasteiger partial charge in [0.1, 0.15) is 5.04 Å². The molecule has 1 N–H and O–H groups in total. The summed E-state index contributed by atoms with van der Waals surface area (Å²) in [5.74, 6) is 0.130. The molecule has 0 radical (unpaired) electrons. The number of carbonyl (C=O) groups excluding carboxylic acids is 1. The van der Waals surface area contributed by atoms with Crippen LogP contribution in [0.3, 0.4) is 0 Å². The molecule has 8 heteroatoms. The number of anilines is 1. The molecule has 4 rings (SSSR count). The van der Waals surface area contributed by atoms with Crippen molar-refractivity contribution in [1.82, 2.24) is 4.90 Å². The van der Waals surface area contributed by atoms with Crippen LogP contribution in [-0.2, 0) is 4.79 Å². The summed E-state index contributed by atoms with van der Waals surface area (Å²) in [7, 11) is 2.12. The van der Waals surface area contributed by atoms with Gasteiger partial charge in [-0.25, -0.2) is 4.99 Å². The molecule has 156 valence electrons. The molecule has 1 spiro atoms. The van der Waals surface area contributed by atoms with E-state index in [0.29, 0.717) is 10.7 Å². The van der Waals surface area contributed by atoms with Crippen molar-refractivity contribution in [1.29, 1.82) is 0 Å². The van der Waals surface area contributed by atoms with Gasteiger partial charge in [0.15, 0.2) is 5.66 Å². The molecule has 0 saturated carbocycles. The van der Waals surface area contributed by atoms with E-state index in [2.05, 4.69) is 33.2 Å². The van der Waals surface area contributed by atoms with Crippen LogP contribution in [0.5, 0.6) is 0 Å². The number of benzene rings is 2. The van der Waals surface area contributed by atoms with E-state index in [1.807, 2.05) is 36.4 Å². The van der Waals surface area contributed by atoms with Gasteiger partial charge in [0.25, 0.3) is 0 Å². The Morgan fingerprint density at radius 1 is 1.17 bits per heavy atom. The van der Waals surface area contributed by atoms with Gasteiger partial charge in [-0.05, 0) is 31.3 Å². The summed E-state index contributed by atoms with van der Waals surface area (Å²) in [5, 5.41) is 4.23. The number of hydrogen-bond donors (Lipinski definition) is 1. The number of nitrogens with one attached hydrogen (secondary N) is 1. The molecule has 0 unspecified atom stereocenters. The number of rotatable bonds is 4. The van der Waals surface area contributed by atoms with Gasteiger partial charge in [-0.15, -0.1) is 0 Å². The number of thioether (sulfide) groups is 1. The first kappa shape index (κ1) is 21.6. The molecular weight excluding hydrogens is 484 g/mol. The predicted octanol–water partition coefficient (Wildman–Crippen LogP) is 5.10. The summed E-state index contributed by atoms with van der Waals surface area (Å²) in [5.41, 5.74) is 2.11. The molecule has 0 bridgehead atoms. The molecule has 1 amide bonds. The zero-order chi connectivity index (χ0) is 21.1. The molecular formula is C22H22BrClN4OS. The molecule has 2 aromatic rings. The fraction of sp³-hybridized carbons (Fsp3) is 0.318. The summed E-state index contributed by atoms with van der Waals surface area (Å²) >= 11 is 11.1. The van der Waals surface area contributed by atoms with Crippen molar-refractivity contribution in [2.24, 2.45) is 9.98 Å². The van der Waals surface area contributed by atoms with Crippen molar-refractivity contribution in [3.63, 3.8) is 0 Å². The number of aliphatic imine (C=N–C) groups is 2. The van der Waals surface area contributed by atoms with Crippen LogP contribution in [0.25, 0.3) is 0 Å². The molecule has 2 aromatic carbocycles. The Labute approximate surface area is 194 Å². The Bertz CT molecular complexity index is 1000. The summed E-state index contributed by atoms with van der Waals surface area (Å²) in [6.45, 7) is 1.93. The van der Waals surface area contributed by atoms with Gasteiger partial charge < -0.3 is 10.2 Å². The maximum absolute atomic E-state index is 12.5. The highest BCUT2D eigenvalue weighted by molar-refractivity contribution is 9.10. The van der Waals surface area contributed by atoms with Gasteiger partial charge in [0, 0.05) is 36.0 Å². The third-order valence-electron chi connectivity index (χ3n) is 5.23. The quantitative estimate of drug-likeness (QED) is 0.629. The van der Waals surface area contributed by atoms with Crippen LogP contribution in [0.1, 0.15) is 18.4 Å². The number of para-hydroxylation sites is 1. The zero-order valence-electron chi connectivity index (χ0n) is 16.6. The zero-order valence-corrected chi connectivity index (χ0v) is 19.7. The van der Waals surface area contributed by atoms with Crippen LogP contribution in [-0.4, -0.2) is 53.1 Å². The molecule has 0 aliphatic carbocycles. The lowest BCUT2D eigenvalue weighted by molar-refractivity contribution is -0.113. The van der Waals surface area contributed by atoms with E-state index in [4.69, 9.17) is 21.6 Å². The maximum Gasteiger partial charge on any atom is 0.234 e. The van der Waals surface area contributed by atoms with Crippen LogP contribution in [0.2, 0.25) is 5.02 Å². The molecule has 1 saturated heterocycles. The Morgan fingerprint density at radius 2 is 1.87 bits per heavy atom. The molecule has 2 heterocycles. The maximum atomic E-state index is 12.5. The normalized spacial score (nSPS) is 18.2. The summed E-state index contributed by atoms with van der Waals surface area (Å²) < 4.78 is 1.02. The van der Waals surface area contributed by atoms with Crippen LogP contribution >= 0.6 is 39.3 Å². The number of carbonyl (C=O) groups is 1. The van der Waals surface area contributed by atoms with E-state index in [1.165, 1.54) is 11.8 Å². The molecule has 5 nitrogen and oxygen atoms in total. The summed E-state index contributed by atoms with van der Waals surface area (Å²) in [4.78, 5) is 24.9. The lowest BCUT2D eigenvalue weighted by Gasteiger charge is -2.33. The summed E-state index contributed by atoms with van der Waals surface area (Å²) in [6, 6.07) is 15.3. The van der Waals surface area contributed by atoms with Crippen molar-refractivity contribution in [3.8, 4) is 0 Å². The molecule has 2 aliphatic heterocycles. The van der Waals surface area contributed by atoms with Gasteiger partial charge in [0.05, 0.1) is 22.2 Å². The lowest BCUT2D eigenvalue weighted by atomic mass is 9.99. The minimum Gasteiger partial charge on any atom is -0.324 e. The number of hydrogen-bond acceptors (Lipinski definition) is 5. The van der Waals surface area contributed by atoms with Crippen LogP contribution in [0, 0.1) is 0 Å². The largest absolute Gasteiger partial charge is 0.324 e. The van der Waals surface area contributed by atoms with Gasteiger partial charge >= 0.3 is 0 Å². The van der Waals surface area contributed by atoms with Crippen LogP contribution < -0.4 is 5.32 Å². The van der Waals surface area contributed by atoms with E-state index >= 15 is 0 Å². The topological polar surface area (TPSA) is 57.1 Å². The fourth-order valence-electron chi connectivity index (χ4n) is 3.50. The highest BCUT2D eigenvalue weighted by Gasteiger charge is 2.39. The number of halogens is 2. The second kappa shape index (κ2) is 9.22. The predicted molar refractivity (Wildman–Crippen MR) is 130 cm³/mol. The molecule has 0 atom stereocenters. The van der Waals surface area contributed by atoms with E-state index in [9.17, 15) is 4.79 Å². The minimum atomic E-state index is -0.406. The fourth-order valence-corrected chi connectivity index (χ4v) is 4.82. The summed E-state index contributed by atoms with van der Waals surface area (Å²) in [6.07, 6.45) is 1.78. The Balaban J connectivity index is 1.52. The third kappa shape index (κ3) is 4.97. The Morgan fingerprint density at radius 3 is 2.57 bits per heavy atom. The minimum absolute atomic E-state index is 0.115. The van der Waals surface area contributed by atoms with Crippen molar-refractivity contribution in [2.75, 3.05) is 31.2 Å². The van der Waals surface area contributed by atoms with Crippen molar-refractivity contribution < 1.29 is 4.79 Å². The monoisotopic (exact) mass is 504 g/mol. The SMILES string of the molecule is CN1CCC2(CC1)N=C(SCC(=O)Nc1ccccc1Cl)C(c1ccc(Br)cc1)=N2. The molecule has 0 aromatic heterocycles. The Hall–Kier alpha value is -1.67. The second-order valence-corrected chi connectivity index (χ2v) is 9.77. The van der Waals surface area contributed by atoms with Crippen LogP contribution in [0.4, 0.5) is 5.69 Å². The van der Waals surface area contributed by atoms with Gasteiger partial charge in [-0.2, -0.15) is 0 Å². The van der Waals surface area contributed by atoms with E-state index in [-0.39, 0.29) is 11.7 Å². The van der Waals surface area contributed by atoms with E-state index < -0.39 is 5.66 Å². The number of amides is 1. The van der Waals surface area contributed by atoms with Crippen molar-refractivity contribution >= 4 is 61.6 Å². The Kier molecular flexibility index (Phi) is 6.63. The van der Waals surface area contributed by atoms with Gasteiger partial charge in [0.2, 0.25) is 5.91 Å². The first-order valence-electron chi connectivity index (χ1n) is 9.76. The molecule has 30 heavy (non-hydrogen) atoms. The number of likely N-dealkylation sites (tertiary alicyclic amines) is 1. The van der Waals surface area contributed by atoms with Crippen molar-refractivity contribution in [2.45, 2.75) is 18.5 Å². The first-order valence-corrected chi connectivity index (χ1v) is 11.9. The highest BCUT2D eigenvalue weighted by atomic mass is 79.9. The first-order chi connectivity index (χ1) is 14.4. The number of piperidine rings is 1. The van der Waals surface area contributed by atoms with Gasteiger partial charge in [-0.1, -0.05) is 63.6 Å². The second-order valence-electron chi connectivity index (χ2n) is 7.49. The average Bonchev–Trinajstić information content (AvgIpc) is 3.09. The standard InChI is InChI=1S/C22H22BrClN4OS/c1-28-12-10-22(11-13-28)26-20(15-6-8-16(23)9-7-15)21(27-22)30-14-19(29)25-18-5-3-2-4-17(18)24/h2-9H,10-14H2,1H3,(H,25,29).